The van der Waals surface area contributed by atoms with Crippen molar-refractivity contribution in [3.63, 3.8) is 0 Å². The largest absolute Gasteiger partial charge is 0.489 e. The van der Waals surface area contributed by atoms with Gasteiger partial charge in [-0.2, -0.15) is 0 Å². The molecule has 1 heterocycles. The average Bonchev–Trinajstić information content (AvgIpc) is 2.54. The van der Waals surface area contributed by atoms with Crippen molar-refractivity contribution in [2.45, 2.75) is 19.3 Å². The standard InChI is InChI=1S/C19H19ClO2/c20-17-10-11-19-16(14-17)8-5-7-15-6-1-2-9-18(15)21-12-3-4-13-22-19/h1-4,6,9-11,14H,5,7-8,12-13H2/b4-3+. The predicted molar refractivity (Wildman–Crippen MR) is 90.0 cm³/mol. The molecule has 0 spiro atoms. The van der Waals surface area contributed by atoms with Gasteiger partial charge in [0.15, 0.2) is 0 Å². The predicted octanol–water partition coefficient (Wildman–Crippen LogP) is 4.84. The van der Waals surface area contributed by atoms with Crippen molar-refractivity contribution in [1.29, 1.82) is 0 Å². The summed E-state index contributed by atoms with van der Waals surface area (Å²) >= 11 is 6.12. The zero-order valence-corrected chi connectivity index (χ0v) is 13.2. The molecule has 1 aliphatic heterocycles. The van der Waals surface area contributed by atoms with Crippen molar-refractivity contribution >= 4 is 11.6 Å². The van der Waals surface area contributed by atoms with Crippen LogP contribution in [0.15, 0.2) is 54.6 Å². The van der Waals surface area contributed by atoms with E-state index in [4.69, 9.17) is 21.1 Å². The topological polar surface area (TPSA) is 18.5 Å². The number of rotatable bonds is 0. The lowest BCUT2D eigenvalue weighted by atomic mass is 10.0. The molecule has 0 N–H and O–H groups in total. The maximum Gasteiger partial charge on any atom is 0.123 e. The van der Waals surface area contributed by atoms with Crippen LogP contribution < -0.4 is 9.47 Å². The lowest BCUT2D eigenvalue weighted by molar-refractivity contribution is 0.348. The van der Waals surface area contributed by atoms with Crippen molar-refractivity contribution in [2.24, 2.45) is 0 Å². The number of halogens is 1. The summed E-state index contributed by atoms with van der Waals surface area (Å²) in [5.74, 6) is 1.89. The normalized spacial score (nSPS) is 16.6. The highest BCUT2D eigenvalue weighted by Gasteiger charge is 2.07. The second kappa shape index (κ2) is 7.37. The van der Waals surface area contributed by atoms with Gasteiger partial charge < -0.3 is 9.47 Å². The van der Waals surface area contributed by atoms with Crippen LogP contribution in [0, 0.1) is 0 Å². The van der Waals surface area contributed by atoms with E-state index < -0.39 is 0 Å². The molecule has 0 unspecified atom stereocenters. The minimum Gasteiger partial charge on any atom is -0.489 e. The molecule has 0 aliphatic carbocycles. The molecule has 0 aromatic heterocycles. The highest BCUT2D eigenvalue weighted by atomic mass is 35.5. The highest BCUT2D eigenvalue weighted by Crippen LogP contribution is 2.26. The van der Waals surface area contributed by atoms with Gasteiger partial charge in [-0.1, -0.05) is 29.8 Å². The van der Waals surface area contributed by atoms with E-state index in [2.05, 4.69) is 12.1 Å². The van der Waals surface area contributed by atoms with Gasteiger partial charge in [-0.15, -0.1) is 0 Å². The maximum absolute atomic E-state index is 6.12. The van der Waals surface area contributed by atoms with Gasteiger partial charge in [0, 0.05) is 5.02 Å². The third-order valence-electron chi connectivity index (χ3n) is 3.72. The first kappa shape index (κ1) is 15.0. The average molecular weight is 315 g/mol. The molecule has 2 aromatic carbocycles. The van der Waals surface area contributed by atoms with Crippen molar-refractivity contribution in [3.8, 4) is 11.5 Å². The van der Waals surface area contributed by atoms with Gasteiger partial charge in [-0.3, -0.25) is 0 Å². The van der Waals surface area contributed by atoms with Crippen LogP contribution in [0.5, 0.6) is 11.5 Å². The van der Waals surface area contributed by atoms with Crippen molar-refractivity contribution < 1.29 is 9.47 Å². The fourth-order valence-corrected chi connectivity index (χ4v) is 2.81. The lowest BCUT2D eigenvalue weighted by Crippen LogP contribution is -1.99. The summed E-state index contributed by atoms with van der Waals surface area (Å²) in [5.41, 5.74) is 2.41. The smallest absolute Gasteiger partial charge is 0.123 e. The molecule has 0 atom stereocenters. The number of hydrogen-bond donors (Lipinski definition) is 0. The Labute approximate surface area is 136 Å². The number of ether oxygens (including phenoxy) is 2. The molecule has 3 heteroatoms. The Hall–Kier alpha value is -1.93. The molecule has 0 saturated heterocycles. The van der Waals surface area contributed by atoms with E-state index in [1.54, 1.807) is 0 Å². The molecule has 22 heavy (non-hydrogen) atoms. The van der Waals surface area contributed by atoms with E-state index in [9.17, 15) is 0 Å². The van der Waals surface area contributed by atoms with Crippen LogP contribution in [0.4, 0.5) is 0 Å². The highest BCUT2D eigenvalue weighted by molar-refractivity contribution is 6.30. The SMILES string of the molecule is Clc1ccc2c(c1)CCCc1ccccc1OC/C=C/CO2. The van der Waals surface area contributed by atoms with Crippen LogP contribution in [0.2, 0.25) is 5.02 Å². The second-order valence-corrected chi connectivity index (χ2v) is 5.74. The van der Waals surface area contributed by atoms with E-state index in [0.717, 1.165) is 35.8 Å². The molecule has 0 radical (unpaired) electrons. The van der Waals surface area contributed by atoms with E-state index in [1.807, 2.05) is 42.5 Å². The fourth-order valence-electron chi connectivity index (χ4n) is 2.62. The summed E-state index contributed by atoms with van der Waals surface area (Å²) in [7, 11) is 0. The lowest BCUT2D eigenvalue weighted by Gasteiger charge is -2.11. The zero-order chi connectivity index (χ0) is 15.2. The van der Waals surface area contributed by atoms with Crippen molar-refractivity contribution in [1.82, 2.24) is 0 Å². The van der Waals surface area contributed by atoms with E-state index in [0.29, 0.717) is 13.2 Å². The molecular formula is C19H19ClO2. The van der Waals surface area contributed by atoms with Crippen LogP contribution in [0.3, 0.4) is 0 Å². The second-order valence-electron chi connectivity index (χ2n) is 5.31. The van der Waals surface area contributed by atoms with Crippen LogP contribution in [-0.4, -0.2) is 13.2 Å². The Morgan fingerprint density at radius 2 is 1.45 bits per heavy atom. The first-order valence-corrected chi connectivity index (χ1v) is 7.97. The minimum absolute atomic E-state index is 0.541. The number of fused-ring (bicyclic) bond motifs is 2. The summed E-state index contributed by atoms with van der Waals surface area (Å²) in [6.45, 7) is 1.10. The van der Waals surface area contributed by atoms with E-state index in [1.165, 1.54) is 11.1 Å². The van der Waals surface area contributed by atoms with Crippen molar-refractivity contribution in [2.75, 3.05) is 13.2 Å². The maximum atomic E-state index is 6.12. The molecule has 2 nitrogen and oxygen atoms in total. The number of aryl methyl sites for hydroxylation is 2. The number of benzene rings is 2. The summed E-state index contributed by atoms with van der Waals surface area (Å²) < 4.78 is 11.7. The van der Waals surface area contributed by atoms with E-state index >= 15 is 0 Å². The third-order valence-corrected chi connectivity index (χ3v) is 3.96. The Balaban J connectivity index is 1.84. The molecule has 114 valence electrons. The van der Waals surface area contributed by atoms with Gasteiger partial charge in [0.05, 0.1) is 0 Å². The van der Waals surface area contributed by atoms with Gasteiger partial charge in [0.1, 0.15) is 24.7 Å². The summed E-state index contributed by atoms with van der Waals surface area (Å²) in [5, 5.41) is 0.756. The zero-order valence-electron chi connectivity index (χ0n) is 12.4. The van der Waals surface area contributed by atoms with Crippen LogP contribution in [0.1, 0.15) is 17.5 Å². The first-order chi connectivity index (χ1) is 10.8. The third kappa shape index (κ3) is 3.83. The van der Waals surface area contributed by atoms with E-state index in [-0.39, 0.29) is 0 Å². The summed E-state index contributed by atoms with van der Waals surface area (Å²) in [6.07, 6.45) is 6.92. The summed E-state index contributed by atoms with van der Waals surface area (Å²) in [4.78, 5) is 0. The number of hydrogen-bond acceptors (Lipinski definition) is 2. The molecular weight excluding hydrogens is 296 g/mol. The minimum atomic E-state index is 0.541. The molecule has 0 amide bonds. The van der Waals surface area contributed by atoms with Crippen molar-refractivity contribution in [3.05, 3.63) is 70.8 Å². The first-order valence-electron chi connectivity index (χ1n) is 7.60. The summed E-state index contributed by atoms with van der Waals surface area (Å²) in [6, 6.07) is 14.1. The fraction of sp³-hybridized carbons (Fsp3) is 0.263. The van der Waals surface area contributed by atoms with Gasteiger partial charge in [0.2, 0.25) is 0 Å². The Kier molecular flexibility index (Phi) is 5.02. The molecule has 2 aromatic rings. The molecule has 0 fully saturated rings. The van der Waals surface area contributed by atoms with Gasteiger partial charge in [-0.25, -0.2) is 0 Å². The number of para-hydroxylation sites is 1. The van der Waals surface area contributed by atoms with Gasteiger partial charge >= 0.3 is 0 Å². The molecule has 3 rings (SSSR count). The van der Waals surface area contributed by atoms with Gasteiger partial charge in [0.25, 0.3) is 0 Å². The monoisotopic (exact) mass is 314 g/mol. The molecule has 1 aliphatic rings. The Bertz CT molecular complexity index is 664. The van der Waals surface area contributed by atoms with Crippen LogP contribution >= 0.6 is 11.6 Å². The molecule has 0 bridgehead atoms. The van der Waals surface area contributed by atoms with Crippen LogP contribution in [-0.2, 0) is 12.8 Å². The van der Waals surface area contributed by atoms with Gasteiger partial charge in [-0.05, 0) is 66.8 Å². The Morgan fingerprint density at radius 3 is 2.27 bits per heavy atom. The quantitative estimate of drug-likeness (QED) is 0.648. The Morgan fingerprint density at radius 1 is 0.773 bits per heavy atom. The molecule has 0 saturated carbocycles. The van der Waals surface area contributed by atoms with Crippen LogP contribution in [0.25, 0.3) is 0 Å².